The lowest BCUT2D eigenvalue weighted by Gasteiger charge is -2.23. The first-order valence-electron chi connectivity index (χ1n) is 8.93. The van der Waals surface area contributed by atoms with Gasteiger partial charge in [-0.05, 0) is 82.6 Å². The summed E-state index contributed by atoms with van der Waals surface area (Å²) in [5, 5.41) is 0.593. The zero-order valence-corrected chi connectivity index (χ0v) is 16.9. The molecule has 0 saturated carbocycles. The van der Waals surface area contributed by atoms with Crippen LogP contribution < -0.4 is 4.74 Å². The predicted octanol–water partition coefficient (Wildman–Crippen LogP) is 5.32. The van der Waals surface area contributed by atoms with Gasteiger partial charge in [-0.3, -0.25) is 9.59 Å². The van der Waals surface area contributed by atoms with Crippen LogP contribution in [0.3, 0.4) is 0 Å². The van der Waals surface area contributed by atoms with Gasteiger partial charge in [-0.2, -0.15) is 0 Å². The summed E-state index contributed by atoms with van der Waals surface area (Å²) in [6, 6.07) is 13.7. The molecule has 0 atom stereocenters. The molecule has 2 aromatic rings. The molecule has 0 saturated heterocycles. The number of rotatable bonds is 8. The number of benzene rings is 2. The topological polar surface area (TPSA) is 52.6 Å². The largest absolute Gasteiger partial charge is 0.494 e. The highest BCUT2D eigenvalue weighted by molar-refractivity contribution is 6.30. The van der Waals surface area contributed by atoms with Crippen molar-refractivity contribution in [1.82, 2.24) is 0 Å². The first-order valence-corrected chi connectivity index (χ1v) is 9.31. The number of hydrogen-bond donors (Lipinski definition) is 0. The van der Waals surface area contributed by atoms with Crippen molar-refractivity contribution in [3.8, 4) is 5.75 Å². The van der Waals surface area contributed by atoms with Crippen molar-refractivity contribution < 1.29 is 19.1 Å². The Morgan fingerprint density at radius 2 is 1.48 bits per heavy atom. The second-order valence-corrected chi connectivity index (χ2v) is 7.73. The van der Waals surface area contributed by atoms with Crippen LogP contribution in [-0.2, 0) is 9.53 Å². The summed E-state index contributed by atoms with van der Waals surface area (Å²) in [5.74, 6) is 0.344. The molecular weight excluding hydrogens is 364 g/mol. The molecule has 27 heavy (non-hydrogen) atoms. The van der Waals surface area contributed by atoms with E-state index in [1.54, 1.807) is 48.5 Å². The molecule has 0 aromatic heterocycles. The van der Waals surface area contributed by atoms with Crippen molar-refractivity contribution in [3.63, 3.8) is 0 Å². The molecule has 0 unspecified atom stereocenters. The summed E-state index contributed by atoms with van der Waals surface area (Å²) in [5.41, 5.74) is 0.540. The number of carbonyl (C=O) groups excluding carboxylic acids is 2. The van der Waals surface area contributed by atoms with Gasteiger partial charge < -0.3 is 9.47 Å². The summed E-state index contributed by atoms with van der Waals surface area (Å²) in [7, 11) is 0. The summed E-state index contributed by atoms with van der Waals surface area (Å²) in [4.78, 5) is 24.5. The van der Waals surface area contributed by atoms with Crippen LogP contribution in [0.2, 0.25) is 5.02 Å². The molecule has 0 heterocycles. The SMILES string of the molecule is CC(C)OC(=O)C(C)(C)CCOc1ccc(C(=O)c2ccc(Cl)cc2)cc1. The summed E-state index contributed by atoms with van der Waals surface area (Å²) in [6.07, 6.45) is 0.396. The molecule has 0 aliphatic heterocycles. The minimum atomic E-state index is -0.616. The second-order valence-electron chi connectivity index (χ2n) is 7.30. The molecule has 0 aliphatic rings. The monoisotopic (exact) mass is 388 g/mol. The van der Waals surface area contributed by atoms with E-state index in [1.165, 1.54) is 0 Å². The average Bonchev–Trinajstić information content (AvgIpc) is 2.61. The lowest BCUT2D eigenvalue weighted by Crippen LogP contribution is -2.30. The lowest BCUT2D eigenvalue weighted by atomic mass is 9.90. The zero-order valence-electron chi connectivity index (χ0n) is 16.1. The zero-order chi connectivity index (χ0) is 20.0. The van der Waals surface area contributed by atoms with Gasteiger partial charge in [0.2, 0.25) is 0 Å². The summed E-state index contributed by atoms with van der Waals surface area (Å²) >= 11 is 5.85. The van der Waals surface area contributed by atoms with E-state index in [0.29, 0.717) is 34.9 Å². The number of hydrogen-bond acceptors (Lipinski definition) is 4. The Labute approximate surface area is 165 Å². The van der Waals surface area contributed by atoms with Crippen LogP contribution in [0.1, 0.15) is 50.0 Å². The number of carbonyl (C=O) groups is 2. The summed E-state index contributed by atoms with van der Waals surface area (Å²) < 4.78 is 11.0. The molecule has 2 rings (SSSR count). The Bertz CT molecular complexity index is 777. The third-order valence-electron chi connectivity index (χ3n) is 4.11. The van der Waals surface area contributed by atoms with Gasteiger partial charge in [-0.1, -0.05) is 11.6 Å². The first-order chi connectivity index (χ1) is 12.7. The Kier molecular flexibility index (Phi) is 7.03. The fourth-order valence-electron chi connectivity index (χ4n) is 2.37. The molecule has 144 valence electrons. The standard InChI is InChI=1S/C22H25ClO4/c1-15(2)27-21(25)22(3,4)13-14-26-19-11-7-17(8-12-19)20(24)16-5-9-18(23)10-6-16/h5-12,15H,13-14H2,1-4H3. The molecule has 0 N–H and O–H groups in total. The van der Waals surface area contributed by atoms with E-state index in [9.17, 15) is 9.59 Å². The first kappa shape index (κ1) is 21.0. The van der Waals surface area contributed by atoms with Crippen LogP contribution in [-0.4, -0.2) is 24.5 Å². The predicted molar refractivity (Wildman–Crippen MR) is 106 cm³/mol. The minimum absolute atomic E-state index is 0.0734. The smallest absolute Gasteiger partial charge is 0.311 e. The molecule has 2 aromatic carbocycles. The number of ether oxygens (including phenoxy) is 2. The van der Waals surface area contributed by atoms with Crippen molar-refractivity contribution in [1.29, 1.82) is 0 Å². The van der Waals surface area contributed by atoms with Crippen molar-refractivity contribution in [3.05, 3.63) is 64.7 Å². The van der Waals surface area contributed by atoms with Gasteiger partial charge >= 0.3 is 5.97 Å². The summed E-state index contributed by atoms with van der Waals surface area (Å²) in [6.45, 7) is 7.73. The lowest BCUT2D eigenvalue weighted by molar-refractivity contribution is -0.158. The molecule has 5 heteroatoms. The van der Waals surface area contributed by atoms with Crippen molar-refractivity contribution >= 4 is 23.4 Å². The fourth-order valence-corrected chi connectivity index (χ4v) is 2.50. The van der Waals surface area contributed by atoms with Crippen LogP contribution in [0.15, 0.2) is 48.5 Å². The van der Waals surface area contributed by atoms with E-state index in [2.05, 4.69) is 0 Å². The molecule has 0 fully saturated rings. The van der Waals surface area contributed by atoms with Gasteiger partial charge in [0.15, 0.2) is 5.78 Å². The molecule has 0 bridgehead atoms. The average molecular weight is 389 g/mol. The number of halogens is 1. The third kappa shape index (κ3) is 6.10. The molecule has 0 radical (unpaired) electrons. The fraction of sp³-hybridized carbons (Fsp3) is 0.364. The quantitative estimate of drug-likeness (QED) is 0.453. The van der Waals surface area contributed by atoms with E-state index in [4.69, 9.17) is 21.1 Å². The van der Waals surface area contributed by atoms with Crippen LogP contribution in [0.4, 0.5) is 0 Å². The molecule has 0 spiro atoms. The van der Waals surface area contributed by atoms with Gasteiger partial charge in [-0.15, -0.1) is 0 Å². The molecule has 0 amide bonds. The minimum Gasteiger partial charge on any atom is -0.494 e. The van der Waals surface area contributed by atoms with E-state index in [0.717, 1.165) is 0 Å². The third-order valence-corrected chi connectivity index (χ3v) is 4.37. The Hall–Kier alpha value is -2.33. The van der Waals surface area contributed by atoms with Gasteiger partial charge in [0.05, 0.1) is 18.1 Å². The number of ketones is 1. The van der Waals surface area contributed by atoms with Gasteiger partial charge in [-0.25, -0.2) is 0 Å². The number of esters is 1. The van der Waals surface area contributed by atoms with Gasteiger partial charge in [0, 0.05) is 16.1 Å². The Morgan fingerprint density at radius 1 is 0.963 bits per heavy atom. The Balaban J connectivity index is 1.91. The molecule has 0 aliphatic carbocycles. The molecule has 4 nitrogen and oxygen atoms in total. The maximum absolute atomic E-state index is 12.4. The highest BCUT2D eigenvalue weighted by Gasteiger charge is 2.30. The van der Waals surface area contributed by atoms with Crippen molar-refractivity contribution in [2.45, 2.75) is 40.2 Å². The Morgan fingerprint density at radius 3 is 2.00 bits per heavy atom. The molecular formula is C22H25ClO4. The normalized spacial score (nSPS) is 11.3. The second kappa shape index (κ2) is 9.05. The van der Waals surface area contributed by atoms with Crippen LogP contribution in [0.25, 0.3) is 0 Å². The van der Waals surface area contributed by atoms with E-state index in [-0.39, 0.29) is 17.9 Å². The van der Waals surface area contributed by atoms with E-state index < -0.39 is 5.41 Å². The van der Waals surface area contributed by atoms with E-state index in [1.807, 2.05) is 27.7 Å². The van der Waals surface area contributed by atoms with Gasteiger partial charge in [0.1, 0.15) is 5.75 Å². The van der Waals surface area contributed by atoms with Crippen LogP contribution in [0.5, 0.6) is 5.75 Å². The van der Waals surface area contributed by atoms with Crippen molar-refractivity contribution in [2.75, 3.05) is 6.61 Å². The highest BCUT2D eigenvalue weighted by Crippen LogP contribution is 2.24. The maximum Gasteiger partial charge on any atom is 0.311 e. The van der Waals surface area contributed by atoms with Crippen LogP contribution >= 0.6 is 11.6 Å². The van der Waals surface area contributed by atoms with Gasteiger partial charge in [0.25, 0.3) is 0 Å². The van der Waals surface area contributed by atoms with E-state index >= 15 is 0 Å². The van der Waals surface area contributed by atoms with Crippen molar-refractivity contribution in [2.24, 2.45) is 5.41 Å². The maximum atomic E-state index is 12.4. The van der Waals surface area contributed by atoms with Crippen LogP contribution in [0, 0.1) is 5.41 Å². The highest BCUT2D eigenvalue weighted by atomic mass is 35.5.